The molecule has 0 atom stereocenters. The molecular formula is C19H17N5O3. The van der Waals surface area contributed by atoms with Crippen LogP contribution in [0.5, 0.6) is 11.5 Å². The van der Waals surface area contributed by atoms with Crippen molar-refractivity contribution in [1.29, 1.82) is 0 Å². The van der Waals surface area contributed by atoms with Crippen molar-refractivity contribution < 1.29 is 14.3 Å². The molecule has 1 aliphatic heterocycles. The van der Waals surface area contributed by atoms with Crippen LogP contribution in [0.15, 0.2) is 49.3 Å². The lowest BCUT2D eigenvalue weighted by Gasteiger charge is -2.07. The van der Waals surface area contributed by atoms with Gasteiger partial charge < -0.3 is 14.8 Å². The Kier molecular flexibility index (Phi) is 4.29. The Hall–Kier alpha value is -3.68. The molecule has 0 unspecified atom stereocenters. The predicted molar refractivity (Wildman–Crippen MR) is 98.0 cm³/mol. The van der Waals surface area contributed by atoms with Crippen molar-refractivity contribution in [3.05, 3.63) is 60.6 Å². The molecule has 3 aromatic rings. The SMILES string of the molecule is C=CCNC(=O)c1cnn(-c2nccc(-c3ccc4c(c3)OCO4)n2)c1C. The highest BCUT2D eigenvalue weighted by Gasteiger charge is 2.17. The molecule has 27 heavy (non-hydrogen) atoms. The molecule has 0 spiro atoms. The maximum atomic E-state index is 12.2. The quantitative estimate of drug-likeness (QED) is 0.700. The van der Waals surface area contributed by atoms with Crippen LogP contribution in [-0.4, -0.2) is 39.0 Å². The molecule has 8 heteroatoms. The second-order valence-electron chi connectivity index (χ2n) is 5.86. The minimum absolute atomic E-state index is 0.217. The summed E-state index contributed by atoms with van der Waals surface area (Å²) in [7, 11) is 0. The zero-order valence-electron chi connectivity index (χ0n) is 14.7. The molecule has 8 nitrogen and oxygen atoms in total. The lowest BCUT2D eigenvalue weighted by molar-refractivity contribution is 0.0957. The standard InChI is InChI=1S/C19H17N5O3/c1-3-7-20-18(25)14-10-22-24(12(14)2)19-21-8-6-15(23-19)13-4-5-16-17(9-13)27-11-26-16/h3-6,8-10H,1,7,11H2,2H3,(H,20,25). The van der Waals surface area contributed by atoms with E-state index in [0.717, 1.165) is 5.56 Å². The third-order valence-corrected chi connectivity index (χ3v) is 4.16. The highest BCUT2D eigenvalue weighted by molar-refractivity contribution is 5.95. The molecule has 1 aromatic carbocycles. The molecule has 0 bridgehead atoms. The average molecular weight is 363 g/mol. The van der Waals surface area contributed by atoms with Crippen molar-refractivity contribution in [3.8, 4) is 28.7 Å². The first-order valence-corrected chi connectivity index (χ1v) is 8.34. The van der Waals surface area contributed by atoms with E-state index in [1.165, 1.54) is 6.20 Å². The summed E-state index contributed by atoms with van der Waals surface area (Å²) in [5.41, 5.74) is 2.70. The van der Waals surface area contributed by atoms with E-state index in [0.29, 0.717) is 40.9 Å². The minimum Gasteiger partial charge on any atom is -0.454 e. The van der Waals surface area contributed by atoms with Gasteiger partial charge in [0.25, 0.3) is 11.9 Å². The number of nitrogens with zero attached hydrogens (tertiary/aromatic N) is 4. The van der Waals surface area contributed by atoms with Crippen molar-refractivity contribution in [2.45, 2.75) is 6.92 Å². The summed E-state index contributed by atoms with van der Waals surface area (Å²) >= 11 is 0. The highest BCUT2D eigenvalue weighted by Crippen LogP contribution is 2.35. The summed E-state index contributed by atoms with van der Waals surface area (Å²) in [5.74, 6) is 1.56. The van der Waals surface area contributed by atoms with Crippen molar-refractivity contribution in [1.82, 2.24) is 25.1 Å². The van der Waals surface area contributed by atoms with Gasteiger partial charge in [-0.05, 0) is 31.2 Å². The van der Waals surface area contributed by atoms with Crippen LogP contribution in [0.2, 0.25) is 0 Å². The molecule has 3 heterocycles. The Morgan fingerprint density at radius 3 is 3.04 bits per heavy atom. The van der Waals surface area contributed by atoms with Crippen LogP contribution >= 0.6 is 0 Å². The molecule has 4 rings (SSSR count). The van der Waals surface area contributed by atoms with Crippen LogP contribution in [0.25, 0.3) is 17.2 Å². The normalized spacial score (nSPS) is 12.0. The number of carbonyl (C=O) groups excluding carboxylic acids is 1. The summed E-state index contributed by atoms with van der Waals surface area (Å²) in [6.45, 7) is 6.00. The molecule has 0 saturated carbocycles. The molecule has 1 aliphatic rings. The van der Waals surface area contributed by atoms with Crippen molar-refractivity contribution >= 4 is 5.91 Å². The van der Waals surface area contributed by atoms with Crippen LogP contribution in [-0.2, 0) is 0 Å². The number of hydrogen-bond acceptors (Lipinski definition) is 6. The minimum atomic E-state index is -0.217. The molecule has 0 radical (unpaired) electrons. The van der Waals surface area contributed by atoms with Gasteiger partial charge in [-0.25, -0.2) is 14.6 Å². The first kappa shape index (κ1) is 16.8. The third kappa shape index (κ3) is 3.12. The Bertz CT molecular complexity index is 1030. The monoisotopic (exact) mass is 363 g/mol. The van der Waals surface area contributed by atoms with E-state index in [2.05, 4.69) is 27.0 Å². The van der Waals surface area contributed by atoms with Gasteiger partial charge in [-0.15, -0.1) is 6.58 Å². The molecule has 1 amide bonds. The van der Waals surface area contributed by atoms with E-state index in [4.69, 9.17) is 9.47 Å². The molecule has 0 aliphatic carbocycles. The number of hydrogen-bond donors (Lipinski definition) is 1. The van der Waals surface area contributed by atoms with Gasteiger partial charge in [0.05, 0.1) is 23.1 Å². The Balaban J connectivity index is 1.66. The third-order valence-electron chi connectivity index (χ3n) is 4.16. The number of rotatable bonds is 5. The van der Waals surface area contributed by atoms with Crippen LogP contribution in [0.1, 0.15) is 16.1 Å². The van der Waals surface area contributed by atoms with E-state index in [9.17, 15) is 4.79 Å². The molecule has 0 fully saturated rings. The van der Waals surface area contributed by atoms with Gasteiger partial charge in [-0.1, -0.05) is 6.08 Å². The van der Waals surface area contributed by atoms with Gasteiger partial charge in [-0.3, -0.25) is 4.79 Å². The van der Waals surface area contributed by atoms with Gasteiger partial charge in [0.2, 0.25) is 6.79 Å². The average Bonchev–Trinajstić information content (AvgIpc) is 3.32. The zero-order valence-corrected chi connectivity index (χ0v) is 14.7. The van der Waals surface area contributed by atoms with Gasteiger partial charge in [-0.2, -0.15) is 5.10 Å². The summed E-state index contributed by atoms with van der Waals surface area (Å²) in [4.78, 5) is 21.1. The summed E-state index contributed by atoms with van der Waals surface area (Å²) in [6.07, 6.45) is 4.78. The van der Waals surface area contributed by atoms with Gasteiger partial charge in [0.15, 0.2) is 11.5 Å². The topological polar surface area (TPSA) is 91.2 Å². The van der Waals surface area contributed by atoms with E-state index in [-0.39, 0.29) is 12.7 Å². The number of amides is 1. The number of carbonyl (C=O) groups is 1. The van der Waals surface area contributed by atoms with E-state index in [1.807, 2.05) is 18.2 Å². The highest BCUT2D eigenvalue weighted by atomic mass is 16.7. The number of nitrogens with one attached hydrogen (secondary N) is 1. The Labute approximate surface area is 155 Å². The second kappa shape index (κ2) is 6.91. The van der Waals surface area contributed by atoms with Gasteiger partial charge >= 0.3 is 0 Å². The molecule has 2 aromatic heterocycles. The van der Waals surface area contributed by atoms with Crippen LogP contribution in [0.3, 0.4) is 0 Å². The maximum absolute atomic E-state index is 12.2. The molecule has 1 N–H and O–H groups in total. The Morgan fingerprint density at radius 1 is 1.33 bits per heavy atom. The van der Waals surface area contributed by atoms with Crippen molar-refractivity contribution in [3.63, 3.8) is 0 Å². The van der Waals surface area contributed by atoms with Gasteiger partial charge in [0, 0.05) is 18.3 Å². The number of benzene rings is 1. The number of ether oxygens (including phenoxy) is 2. The summed E-state index contributed by atoms with van der Waals surface area (Å²) in [6, 6.07) is 7.43. The zero-order chi connectivity index (χ0) is 18.8. The van der Waals surface area contributed by atoms with E-state index < -0.39 is 0 Å². The van der Waals surface area contributed by atoms with E-state index in [1.54, 1.807) is 29.9 Å². The van der Waals surface area contributed by atoms with Crippen LogP contribution in [0.4, 0.5) is 0 Å². The fourth-order valence-corrected chi connectivity index (χ4v) is 2.76. The fraction of sp³-hybridized carbons (Fsp3) is 0.158. The Morgan fingerprint density at radius 2 is 2.19 bits per heavy atom. The first-order valence-electron chi connectivity index (χ1n) is 8.34. The van der Waals surface area contributed by atoms with Crippen LogP contribution in [0, 0.1) is 6.92 Å². The summed E-state index contributed by atoms with van der Waals surface area (Å²) in [5, 5.41) is 7.01. The first-order chi connectivity index (χ1) is 13.2. The van der Waals surface area contributed by atoms with Gasteiger partial charge in [0.1, 0.15) is 0 Å². The van der Waals surface area contributed by atoms with Crippen molar-refractivity contribution in [2.24, 2.45) is 0 Å². The predicted octanol–water partition coefficient (Wildman–Crippen LogP) is 2.28. The lowest BCUT2D eigenvalue weighted by atomic mass is 10.1. The number of fused-ring (bicyclic) bond motifs is 1. The largest absolute Gasteiger partial charge is 0.454 e. The van der Waals surface area contributed by atoms with Crippen molar-refractivity contribution in [2.75, 3.05) is 13.3 Å². The lowest BCUT2D eigenvalue weighted by Crippen LogP contribution is -2.23. The fourth-order valence-electron chi connectivity index (χ4n) is 2.76. The van der Waals surface area contributed by atoms with E-state index >= 15 is 0 Å². The van der Waals surface area contributed by atoms with Crippen LogP contribution < -0.4 is 14.8 Å². The number of aromatic nitrogens is 4. The maximum Gasteiger partial charge on any atom is 0.255 e. The molecule has 136 valence electrons. The summed E-state index contributed by atoms with van der Waals surface area (Å²) < 4.78 is 12.3. The second-order valence-corrected chi connectivity index (χ2v) is 5.86. The molecular weight excluding hydrogens is 346 g/mol. The molecule has 0 saturated heterocycles. The smallest absolute Gasteiger partial charge is 0.255 e.